The maximum atomic E-state index is 14.3. The summed E-state index contributed by atoms with van der Waals surface area (Å²) >= 11 is 1.52. The number of thiazole rings is 1. The van der Waals surface area contributed by atoms with Crippen LogP contribution in [0.5, 0.6) is 11.5 Å². The average molecular weight is 734 g/mol. The van der Waals surface area contributed by atoms with E-state index in [0.717, 1.165) is 48.2 Å². The fourth-order valence-corrected chi connectivity index (χ4v) is 9.85. The summed E-state index contributed by atoms with van der Waals surface area (Å²) in [5.74, 6) is 2.81. The van der Waals surface area contributed by atoms with Crippen molar-refractivity contribution in [2.45, 2.75) is 88.0 Å². The highest BCUT2D eigenvalue weighted by Gasteiger charge is 2.61. The molecule has 3 amide bonds. The van der Waals surface area contributed by atoms with Gasteiger partial charge in [-0.25, -0.2) is 14.2 Å². The minimum absolute atomic E-state index is 0.108. The van der Waals surface area contributed by atoms with Crippen molar-refractivity contribution >= 4 is 55.5 Å². The number of methoxy groups -OCH3 is 1. The molecule has 3 fully saturated rings. The van der Waals surface area contributed by atoms with Gasteiger partial charge in [-0.2, -0.15) is 0 Å². The number of hydrogen-bond acceptors (Lipinski definition) is 9. The third-order valence-electron chi connectivity index (χ3n) is 10.7. The van der Waals surface area contributed by atoms with Crippen molar-refractivity contribution < 1.29 is 28.1 Å². The molecule has 13 heteroatoms. The van der Waals surface area contributed by atoms with E-state index in [9.17, 15) is 18.6 Å². The van der Waals surface area contributed by atoms with Crippen LogP contribution in [0.2, 0.25) is 0 Å². The molecule has 0 spiro atoms. The van der Waals surface area contributed by atoms with Gasteiger partial charge in [0.1, 0.15) is 33.8 Å². The van der Waals surface area contributed by atoms with E-state index in [1.54, 1.807) is 19.1 Å². The third kappa shape index (κ3) is 7.24. The van der Waals surface area contributed by atoms with E-state index in [-0.39, 0.29) is 35.3 Å². The van der Waals surface area contributed by atoms with E-state index in [4.69, 9.17) is 19.4 Å². The Hall–Kier alpha value is -3.97. The molecule has 1 aliphatic heterocycles. The molecule has 1 unspecified atom stereocenters. The van der Waals surface area contributed by atoms with Crippen LogP contribution in [0.15, 0.2) is 41.8 Å². The molecule has 2 aromatic heterocycles. The number of aromatic nitrogens is 2. The van der Waals surface area contributed by atoms with Gasteiger partial charge >= 0.3 is 0 Å². The number of ether oxygens (including phenoxy) is 2. The van der Waals surface area contributed by atoms with E-state index in [1.807, 2.05) is 41.8 Å². The molecule has 0 radical (unpaired) electrons. The molecule has 4 aliphatic rings. The van der Waals surface area contributed by atoms with E-state index < -0.39 is 39.1 Å². The van der Waals surface area contributed by atoms with E-state index >= 15 is 0 Å². The van der Waals surface area contributed by atoms with Crippen molar-refractivity contribution in [1.82, 2.24) is 24.9 Å². The highest BCUT2D eigenvalue weighted by atomic mass is 32.2. The standard InChI is InChI=1S/C38H47N5O6S2/c1-22(2)32-21-50-35(40-32)31-19-33(27-14-11-24(48-4)18-30(27)39-31)49-25-16-28-29(17-25)36(45)43(3)15-9-7-6-8-10-23-20-38(23,41-34(28)44)37(46)42-51(5,47)26-12-13-26/h8,10-11,14,18-19,21-23,25-26,28-29H,5-7,9,12-13,15-17,20H2,1-4H3,(H,41,44)(H,42,46,47)/b10-8-/t23-,25-,28-,29-,38-,51?/m1/s1. The molecule has 3 aromatic rings. The molecule has 3 aliphatic carbocycles. The van der Waals surface area contributed by atoms with E-state index in [1.165, 1.54) is 11.3 Å². The Morgan fingerprint density at radius 3 is 2.67 bits per heavy atom. The van der Waals surface area contributed by atoms with Crippen molar-refractivity contribution in [1.29, 1.82) is 0 Å². The van der Waals surface area contributed by atoms with Crippen molar-refractivity contribution in [3.8, 4) is 22.2 Å². The third-order valence-corrected chi connectivity index (χ3v) is 13.7. The van der Waals surface area contributed by atoms with Crippen LogP contribution in [0.4, 0.5) is 0 Å². The number of hydrogen-bond donors (Lipinski definition) is 2. The molecule has 7 rings (SSSR count). The molecule has 0 bridgehead atoms. The number of nitrogens with one attached hydrogen (secondary N) is 2. The molecule has 6 atom stereocenters. The number of benzene rings is 1. The Labute approximate surface area is 303 Å². The van der Waals surface area contributed by atoms with Gasteiger partial charge in [-0.15, -0.1) is 11.3 Å². The summed E-state index contributed by atoms with van der Waals surface area (Å²) in [5, 5.41) is 6.52. The maximum absolute atomic E-state index is 14.3. The summed E-state index contributed by atoms with van der Waals surface area (Å²) in [6.45, 7) is 4.79. The number of pyridine rings is 1. The highest BCUT2D eigenvalue weighted by molar-refractivity contribution is 7.99. The van der Waals surface area contributed by atoms with Crippen LogP contribution in [0.1, 0.15) is 76.8 Å². The highest BCUT2D eigenvalue weighted by Crippen LogP contribution is 2.47. The molecule has 2 N–H and O–H groups in total. The summed E-state index contributed by atoms with van der Waals surface area (Å²) < 4.78 is 28.2. The van der Waals surface area contributed by atoms with Gasteiger partial charge in [-0.1, -0.05) is 26.0 Å². The summed E-state index contributed by atoms with van der Waals surface area (Å²) in [6, 6.07) is 7.51. The molecule has 51 heavy (non-hydrogen) atoms. The average Bonchev–Trinajstić information content (AvgIpc) is 3.98. The van der Waals surface area contributed by atoms with Crippen LogP contribution in [-0.2, 0) is 24.1 Å². The molecule has 0 saturated heterocycles. The Morgan fingerprint density at radius 2 is 1.94 bits per heavy atom. The second kappa shape index (κ2) is 13.9. The summed E-state index contributed by atoms with van der Waals surface area (Å²) in [4.78, 5) is 53.5. The topological polar surface area (TPSA) is 140 Å². The molecule has 3 saturated carbocycles. The summed E-state index contributed by atoms with van der Waals surface area (Å²) in [7, 11) is 0.575. The lowest BCUT2D eigenvalue weighted by Crippen LogP contribution is -2.54. The van der Waals surface area contributed by atoms with Crippen LogP contribution in [0, 0.1) is 17.8 Å². The molecular formula is C38H47N5O6S2. The molecular weight excluding hydrogens is 687 g/mol. The minimum atomic E-state index is -2.82. The molecule has 3 heterocycles. The number of nitrogens with zero attached hydrogens (tertiary/aromatic N) is 3. The van der Waals surface area contributed by atoms with Crippen LogP contribution in [-0.4, -0.2) is 80.3 Å². The first-order chi connectivity index (χ1) is 24.4. The van der Waals surface area contributed by atoms with Gasteiger partial charge in [0.15, 0.2) is 0 Å². The van der Waals surface area contributed by atoms with E-state index in [0.29, 0.717) is 42.1 Å². The smallest absolute Gasteiger partial charge is 0.257 e. The predicted octanol–water partition coefficient (Wildman–Crippen LogP) is 5.25. The van der Waals surface area contributed by atoms with Gasteiger partial charge in [0.25, 0.3) is 5.91 Å². The second-order valence-corrected chi connectivity index (χ2v) is 18.0. The van der Waals surface area contributed by atoms with Gasteiger partial charge in [0.2, 0.25) is 11.8 Å². The zero-order valence-corrected chi connectivity index (χ0v) is 31.3. The van der Waals surface area contributed by atoms with Gasteiger partial charge < -0.3 is 19.7 Å². The summed E-state index contributed by atoms with van der Waals surface area (Å²) in [6.07, 6.45) is 8.63. The quantitative estimate of drug-likeness (QED) is 0.237. The number of amides is 3. The number of allylic oxidation sites excluding steroid dienone is 1. The minimum Gasteiger partial charge on any atom is -0.497 e. The Bertz CT molecular complexity index is 1990. The largest absolute Gasteiger partial charge is 0.497 e. The first-order valence-electron chi connectivity index (χ1n) is 17.9. The SMILES string of the molecule is C=S(=O)(NC(=O)[C@@]12C[C@H]1/C=C\CCCCN(C)C(=O)[C@@H]1C[C@H](Oc3cc(-c4nc(C(C)C)cs4)nc4cc(OC)ccc34)C[C@H]1C(=O)N2)C1CC1. The van der Waals surface area contributed by atoms with Gasteiger partial charge in [-0.3, -0.25) is 19.1 Å². The monoisotopic (exact) mass is 733 g/mol. The Morgan fingerprint density at radius 1 is 1.16 bits per heavy atom. The molecule has 11 nitrogen and oxygen atoms in total. The first-order valence-corrected chi connectivity index (χ1v) is 20.6. The van der Waals surface area contributed by atoms with Gasteiger partial charge in [-0.05, 0) is 75.3 Å². The van der Waals surface area contributed by atoms with Crippen LogP contribution >= 0.6 is 11.3 Å². The maximum Gasteiger partial charge on any atom is 0.257 e. The normalized spacial score (nSPS) is 28.6. The zero-order valence-electron chi connectivity index (χ0n) is 29.7. The lowest BCUT2D eigenvalue weighted by molar-refractivity contribution is -0.140. The van der Waals surface area contributed by atoms with Crippen molar-refractivity contribution in [2.24, 2.45) is 17.8 Å². The summed E-state index contributed by atoms with van der Waals surface area (Å²) in [5.41, 5.74) is 1.10. The van der Waals surface area contributed by atoms with Crippen LogP contribution in [0.3, 0.4) is 0 Å². The number of carbonyl (C=O) groups is 3. The Kier molecular flexibility index (Phi) is 9.64. The van der Waals surface area contributed by atoms with Gasteiger partial charge in [0.05, 0.1) is 39.9 Å². The Balaban J connectivity index is 1.19. The van der Waals surface area contributed by atoms with Crippen LogP contribution in [0.25, 0.3) is 21.6 Å². The molecule has 272 valence electrons. The van der Waals surface area contributed by atoms with Crippen molar-refractivity contribution in [2.75, 3.05) is 20.7 Å². The first kappa shape index (κ1) is 35.4. The fraction of sp³-hybridized carbons (Fsp3) is 0.526. The van der Waals surface area contributed by atoms with Crippen molar-refractivity contribution in [3.63, 3.8) is 0 Å². The predicted molar refractivity (Wildman–Crippen MR) is 200 cm³/mol. The fourth-order valence-electron chi connectivity index (χ4n) is 7.35. The molecule has 1 aromatic carbocycles. The van der Waals surface area contributed by atoms with E-state index in [2.05, 4.69) is 29.8 Å². The number of rotatable bonds is 8. The van der Waals surface area contributed by atoms with Crippen LogP contribution < -0.4 is 19.5 Å². The van der Waals surface area contributed by atoms with Crippen molar-refractivity contribution in [3.05, 3.63) is 47.5 Å². The lowest BCUT2D eigenvalue weighted by atomic mass is 9.93. The van der Waals surface area contributed by atoms with Gasteiger partial charge in [0, 0.05) is 47.7 Å². The second-order valence-electron chi connectivity index (χ2n) is 14.9. The number of fused-ring (bicyclic) bond motifs is 3. The number of carbonyl (C=O) groups excluding carboxylic acids is 3. The zero-order chi connectivity index (χ0) is 36.1. The lowest BCUT2D eigenvalue weighted by Gasteiger charge is -2.27.